The van der Waals surface area contributed by atoms with Gasteiger partial charge in [-0.15, -0.1) is 0 Å². The summed E-state index contributed by atoms with van der Waals surface area (Å²) < 4.78 is 10.7. The second kappa shape index (κ2) is 7.09. The van der Waals surface area contributed by atoms with Crippen molar-refractivity contribution in [1.82, 2.24) is 4.90 Å². The molecule has 2 aliphatic heterocycles. The molecule has 0 atom stereocenters. The normalized spacial score (nSPS) is 23.8. The van der Waals surface area contributed by atoms with Crippen molar-refractivity contribution in [2.45, 2.75) is 25.7 Å². The smallest absolute Gasteiger partial charge is 0.236 e. The third-order valence-electron chi connectivity index (χ3n) is 4.57. The van der Waals surface area contributed by atoms with E-state index in [1.165, 1.54) is 0 Å². The maximum atomic E-state index is 12.9. The van der Waals surface area contributed by atoms with Crippen molar-refractivity contribution in [3.05, 3.63) is 0 Å². The van der Waals surface area contributed by atoms with Crippen LogP contribution in [0, 0.1) is 11.3 Å². The van der Waals surface area contributed by atoms with Crippen LogP contribution in [-0.4, -0.2) is 61.9 Å². The van der Waals surface area contributed by atoms with Crippen molar-refractivity contribution in [3.63, 3.8) is 0 Å². The lowest BCUT2D eigenvalue weighted by atomic mass is 9.77. The second-order valence-corrected chi connectivity index (χ2v) is 5.92. The summed E-state index contributed by atoms with van der Waals surface area (Å²) in [6, 6.07) is 0. The fraction of sp³-hybridized carbons (Fsp3) is 0.857. The van der Waals surface area contributed by atoms with Gasteiger partial charge >= 0.3 is 0 Å². The lowest BCUT2D eigenvalue weighted by Gasteiger charge is -2.38. The summed E-state index contributed by atoms with van der Waals surface area (Å²) in [6.45, 7) is 3.10. The van der Waals surface area contributed by atoms with Crippen LogP contribution >= 0.6 is 0 Å². The third kappa shape index (κ3) is 3.47. The lowest BCUT2D eigenvalue weighted by molar-refractivity contribution is -0.142. The first-order valence-electron chi connectivity index (χ1n) is 7.49. The molecule has 21 heavy (non-hydrogen) atoms. The summed E-state index contributed by atoms with van der Waals surface area (Å²) in [6.07, 6.45) is 2.86. The van der Waals surface area contributed by atoms with Crippen molar-refractivity contribution < 1.29 is 19.5 Å². The highest BCUT2D eigenvalue weighted by molar-refractivity contribution is 6.06. The van der Waals surface area contributed by atoms with Gasteiger partial charge < -0.3 is 25.3 Å². The Kier molecular flexibility index (Phi) is 5.41. The van der Waals surface area contributed by atoms with E-state index < -0.39 is 5.41 Å². The van der Waals surface area contributed by atoms with E-state index in [-0.39, 0.29) is 11.7 Å². The molecule has 0 aromatic carbocycles. The zero-order valence-corrected chi connectivity index (χ0v) is 12.6. The van der Waals surface area contributed by atoms with Gasteiger partial charge in [0, 0.05) is 40.0 Å². The topological polar surface area (TPSA) is 97.4 Å². The summed E-state index contributed by atoms with van der Waals surface area (Å²) in [5.74, 6) is 0.374. The van der Waals surface area contributed by atoms with Crippen LogP contribution in [0.5, 0.6) is 0 Å². The Morgan fingerprint density at radius 3 is 2.43 bits per heavy atom. The minimum absolute atomic E-state index is 0.00497. The van der Waals surface area contributed by atoms with E-state index in [0.29, 0.717) is 38.5 Å². The SMILES string of the molecule is CN(CC1CCOCC1)C(=O)C1(C(N)=NO)CCOCC1. The highest BCUT2D eigenvalue weighted by atomic mass is 16.5. The Balaban J connectivity index is 2.06. The molecule has 0 unspecified atom stereocenters. The van der Waals surface area contributed by atoms with E-state index >= 15 is 0 Å². The van der Waals surface area contributed by atoms with E-state index in [4.69, 9.17) is 20.4 Å². The average Bonchev–Trinajstić information content (AvgIpc) is 2.54. The van der Waals surface area contributed by atoms with Crippen LogP contribution in [-0.2, 0) is 14.3 Å². The molecular weight excluding hydrogens is 274 g/mol. The molecule has 0 bridgehead atoms. The van der Waals surface area contributed by atoms with Gasteiger partial charge in [0.05, 0.1) is 0 Å². The summed E-state index contributed by atoms with van der Waals surface area (Å²) >= 11 is 0. The van der Waals surface area contributed by atoms with Gasteiger partial charge in [-0.1, -0.05) is 5.16 Å². The van der Waals surface area contributed by atoms with Crippen LogP contribution < -0.4 is 5.73 Å². The largest absolute Gasteiger partial charge is 0.409 e. The molecular formula is C14H25N3O4. The fourth-order valence-electron chi connectivity index (χ4n) is 3.16. The van der Waals surface area contributed by atoms with Gasteiger partial charge in [-0.2, -0.15) is 0 Å². The van der Waals surface area contributed by atoms with Crippen LogP contribution in [0.15, 0.2) is 5.16 Å². The fourth-order valence-corrected chi connectivity index (χ4v) is 3.16. The van der Waals surface area contributed by atoms with Crippen molar-refractivity contribution in [1.29, 1.82) is 0 Å². The molecule has 3 N–H and O–H groups in total. The van der Waals surface area contributed by atoms with E-state index in [2.05, 4.69) is 5.16 Å². The number of amidine groups is 1. The molecule has 2 saturated heterocycles. The standard InChI is InChI=1S/C14H25N3O4/c1-17(10-11-2-6-20-7-3-11)13(18)14(12(15)16-19)4-8-21-9-5-14/h11,19H,2-10H2,1H3,(H2,15,16). The predicted molar refractivity (Wildman–Crippen MR) is 77.1 cm³/mol. The molecule has 2 heterocycles. The van der Waals surface area contributed by atoms with Crippen molar-refractivity contribution in [2.24, 2.45) is 22.2 Å². The quantitative estimate of drug-likeness (QED) is 0.339. The molecule has 1 amide bonds. The Morgan fingerprint density at radius 2 is 1.86 bits per heavy atom. The van der Waals surface area contributed by atoms with Crippen LogP contribution in [0.3, 0.4) is 0 Å². The summed E-state index contributed by atoms with van der Waals surface area (Å²) in [4.78, 5) is 14.6. The van der Waals surface area contributed by atoms with Crippen LogP contribution in [0.4, 0.5) is 0 Å². The molecule has 0 radical (unpaired) electrons. The van der Waals surface area contributed by atoms with Crippen molar-refractivity contribution in [3.8, 4) is 0 Å². The monoisotopic (exact) mass is 299 g/mol. The summed E-state index contributed by atoms with van der Waals surface area (Å²) in [5.41, 5.74) is 4.91. The van der Waals surface area contributed by atoms with Crippen LogP contribution in [0.2, 0.25) is 0 Å². The molecule has 7 heteroatoms. The van der Waals surface area contributed by atoms with Crippen molar-refractivity contribution >= 4 is 11.7 Å². The number of carbonyl (C=O) groups excluding carboxylic acids is 1. The minimum Gasteiger partial charge on any atom is -0.409 e. The highest BCUT2D eigenvalue weighted by Gasteiger charge is 2.46. The molecule has 2 rings (SSSR count). The Labute approximate surface area is 125 Å². The van der Waals surface area contributed by atoms with E-state index in [9.17, 15) is 4.79 Å². The molecule has 7 nitrogen and oxygen atoms in total. The van der Waals surface area contributed by atoms with Gasteiger partial charge in [0.1, 0.15) is 5.41 Å². The first-order valence-corrected chi connectivity index (χ1v) is 7.49. The number of nitrogens with two attached hydrogens (primary N) is 1. The Hall–Kier alpha value is -1.34. The predicted octanol–water partition coefficient (Wildman–Crippen LogP) is 0.415. The van der Waals surface area contributed by atoms with Crippen LogP contribution in [0.1, 0.15) is 25.7 Å². The molecule has 0 saturated carbocycles. The average molecular weight is 299 g/mol. The number of rotatable bonds is 4. The first-order chi connectivity index (χ1) is 10.1. The lowest BCUT2D eigenvalue weighted by Crippen LogP contribution is -2.54. The maximum Gasteiger partial charge on any atom is 0.236 e. The van der Waals surface area contributed by atoms with Gasteiger partial charge in [-0.05, 0) is 31.6 Å². The zero-order valence-electron chi connectivity index (χ0n) is 12.6. The Bertz CT molecular complexity index is 388. The molecule has 0 aliphatic carbocycles. The van der Waals surface area contributed by atoms with Gasteiger partial charge in [0.25, 0.3) is 0 Å². The number of amides is 1. The molecule has 0 aromatic rings. The minimum atomic E-state index is -0.924. The Morgan fingerprint density at radius 1 is 1.29 bits per heavy atom. The summed E-state index contributed by atoms with van der Waals surface area (Å²) in [5, 5.41) is 12.1. The molecule has 0 aromatic heterocycles. The van der Waals surface area contributed by atoms with E-state index in [0.717, 1.165) is 26.1 Å². The third-order valence-corrected chi connectivity index (χ3v) is 4.57. The van der Waals surface area contributed by atoms with Crippen molar-refractivity contribution in [2.75, 3.05) is 40.0 Å². The number of nitrogens with zero attached hydrogens (tertiary/aromatic N) is 2. The van der Waals surface area contributed by atoms with Gasteiger partial charge in [0.15, 0.2) is 5.84 Å². The van der Waals surface area contributed by atoms with Gasteiger partial charge in [-0.3, -0.25) is 4.79 Å². The zero-order chi connectivity index (χ0) is 15.3. The highest BCUT2D eigenvalue weighted by Crippen LogP contribution is 2.33. The number of ether oxygens (including phenoxy) is 2. The van der Waals surface area contributed by atoms with Crippen LogP contribution in [0.25, 0.3) is 0 Å². The molecule has 2 fully saturated rings. The molecule has 0 spiro atoms. The number of oxime groups is 1. The molecule has 120 valence electrons. The van der Waals surface area contributed by atoms with Gasteiger partial charge in [-0.25, -0.2) is 0 Å². The maximum absolute atomic E-state index is 12.9. The number of carbonyl (C=O) groups is 1. The van der Waals surface area contributed by atoms with Gasteiger partial charge in [0.2, 0.25) is 5.91 Å². The number of hydrogen-bond acceptors (Lipinski definition) is 5. The first kappa shape index (κ1) is 16.0. The second-order valence-electron chi connectivity index (χ2n) is 5.92. The summed E-state index contributed by atoms with van der Waals surface area (Å²) in [7, 11) is 1.79. The number of hydrogen-bond donors (Lipinski definition) is 2. The van der Waals surface area contributed by atoms with E-state index in [1.54, 1.807) is 11.9 Å². The molecule has 2 aliphatic rings. The van der Waals surface area contributed by atoms with E-state index in [1.807, 2.05) is 0 Å².